The predicted octanol–water partition coefficient (Wildman–Crippen LogP) is 5.30. The Morgan fingerprint density at radius 1 is 0.727 bits per heavy atom. The average molecular weight is 433 g/mol. The first-order valence-electron chi connectivity index (χ1n) is 11.2. The zero-order valence-corrected chi connectivity index (χ0v) is 19.2. The Labute approximate surface area is 192 Å². The maximum Gasteiger partial charge on any atom is 0.494 e. The van der Waals surface area contributed by atoms with Gasteiger partial charge in [-0.15, -0.1) is 0 Å². The van der Waals surface area contributed by atoms with Crippen LogP contribution in [-0.4, -0.2) is 33.3 Å². The Morgan fingerprint density at radius 3 is 2.21 bits per heavy atom. The standard InChI is InChI=1S/C27H24BN3O2/c1-26(2)27(3,4)33-28(32-26)19-11-9-17-10-12-22(31-23(17)16-19)21-15-18-7-5-13-29-24(18)25-20(21)8-6-14-30-25/h5-16H,1-4H3. The zero-order valence-electron chi connectivity index (χ0n) is 19.2. The molecular weight excluding hydrogens is 409 g/mol. The molecule has 33 heavy (non-hydrogen) atoms. The van der Waals surface area contributed by atoms with Gasteiger partial charge < -0.3 is 9.31 Å². The molecule has 4 heterocycles. The third-order valence-electron chi connectivity index (χ3n) is 6.98. The van der Waals surface area contributed by atoms with Gasteiger partial charge in [0.15, 0.2) is 0 Å². The molecule has 2 aromatic carbocycles. The molecule has 6 heteroatoms. The number of rotatable bonds is 2. The Kier molecular flexibility index (Phi) is 4.35. The number of pyridine rings is 3. The number of nitrogens with zero attached hydrogens (tertiary/aromatic N) is 3. The summed E-state index contributed by atoms with van der Waals surface area (Å²) in [6.07, 6.45) is 3.62. The van der Waals surface area contributed by atoms with E-state index in [4.69, 9.17) is 14.3 Å². The van der Waals surface area contributed by atoms with E-state index in [0.717, 1.165) is 49.4 Å². The largest absolute Gasteiger partial charge is 0.494 e. The third kappa shape index (κ3) is 3.21. The summed E-state index contributed by atoms with van der Waals surface area (Å²) < 4.78 is 12.5. The van der Waals surface area contributed by atoms with Crippen LogP contribution in [-0.2, 0) is 9.31 Å². The lowest BCUT2D eigenvalue weighted by Crippen LogP contribution is -2.41. The van der Waals surface area contributed by atoms with E-state index in [1.54, 1.807) is 0 Å². The Morgan fingerprint density at radius 2 is 1.42 bits per heavy atom. The van der Waals surface area contributed by atoms with E-state index >= 15 is 0 Å². The lowest BCUT2D eigenvalue weighted by Gasteiger charge is -2.32. The first-order chi connectivity index (χ1) is 15.8. The molecular formula is C27H24BN3O2. The smallest absolute Gasteiger partial charge is 0.399 e. The molecule has 1 aliphatic heterocycles. The van der Waals surface area contributed by atoms with Crippen LogP contribution >= 0.6 is 0 Å². The molecule has 0 amide bonds. The normalized spacial score (nSPS) is 17.3. The van der Waals surface area contributed by atoms with Gasteiger partial charge >= 0.3 is 7.12 Å². The molecule has 5 aromatic rings. The average Bonchev–Trinajstić information content (AvgIpc) is 3.04. The summed E-state index contributed by atoms with van der Waals surface area (Å²) in [6.45, 7) is 8.27. The van der Waals surface area contributed by atoms with Crippen LogP contribution in [0.15, 0.2) is 73.1 Å². The van der Waals surface area contributed by atoms with Crippen LogP contribution in [0.3, 0.4) is 0 Å². The third-order valence-corrected chi connectivity index (χ3v) is 6.98. The summed E-state index contributed by atoms with van der Waals surface area (Å²) in [7, 11) is -0.415. The second-order valence-corrected chi connectivity index (χ2v) is 9.64. The Bertz CT molecular complexity index is 1530. The highest BCUT2D eigenvalue weighted by atomic mass is 16.7. The van der Waals surface area contributed by atoms with E-state index in [9.17, 15) is 0 Å². The molecule has 0 unspecified atom stereocenters. The zero-order chi connectivity index (χ0) is 22.8. The number of benzene rings is 2. The lowest BCUT2D eigenvalue weighted by molar-refractivity contribution is 0.00578. The molecule has 0 aliphatic carbocycles. The highest BCUT2D eigenvalue weighted by Gasteiger charge is 2.51. The van der Waals surface area contributed by atoms with Gasteiger partial charge in [0.05, 0.1) is 33.4 Å². The maximum absolute atomic E-state index is 6.25. The number of aromatic nitrogens is 3. The first kappa shape index (κ1) is 20.3. The van der Waals surface area contributed by atoms with E-state index < -0.39 is 7.12 Å². The van der Waals surface area contributed by atoms with E-state index in [1.807, 2.05) is 24.5 Å². The van der Waals surface area contributed by atoms with E-state index in [1.165, 1.54) is 0 Å². The first-order valence-corrected chi connectivity index (χ1v) is 11.2. The summed E-state index contributed by atoms with van der Waals surface area (Å²) in [5, 5.41) is 3.16. The molecule has 0 spiro atoms. The van der Waals surface area contributed by atoms with Crippen LogP contribution in [0.1, 0.15) is 27.7 Å². The second-order valence-electron chi connectivity index (χ2n) is 9.64. The van der Waals surface area contributed by atoms with Crippen molar-refractivity contribution in [2.24, 2.45) is 0 Å². The van der Waals surface area contributed by atoms with Gasteiger partial charge in [-0.05, 0) is 63.5 Å². The molecule has 1 saturated heterocycles. The highest BCUT2D eigenvalue weighted by Crippen LogP contribution is 2.37. The van der Waals surface area contributed by atoms with Crippen molar-refractivity contribution in [3.05, 3.63) is 73.1 Å². The molecule has 162 valence electrons. The molecule has 6 rings (SSSR count). The van der Waals surface area contributed by atoms with E-state index in [2.05, 4.69) is 86.2 Å². The molecule has 0 bridgehead atoms. The van der Waals surface area contributed by atoms with Crippen LogP contribution in [0.4, 0.5) is 0 Å². The van der Waals surface area contributed by atoms with Gasteiger partial charge in [-0.3, -0.25) is 9.97 Å². The fraction of sp³-hybridized carbons (Fsp3) is 0.222. The number of hydrogen-bond acceptors (Lipinski definition) is 5. The molecule has 0 radical (unpaired) electrons. The SMILES string of the molecule is CC1(C)OB(c2ccc3ccc(-c4cc5cccnc5c5ncccc45)nc3c2)OC1(C)C. The quantitative estimate of drug-likeness (QED) is 0.280. The van der Waals surface area contributed by atoms with Crippen molar-refractivity contribution in [1.29, 1.82) is 0 Å². The molecule has 0 N–H and O–H groups in total. The van der Waals surface area contributed by atoms with Crippen molar-refractivity contribution in [2.45, 2.75) is 38.9 Å². The Balaban J connectivity index is 1.50. The van der Waals surface area contributed by atoms with Crippen molar-refractivity contribution in [2.75, 3.05) is 0 Å². The molecule has 5 nitrogen and oxygen atoms in total. The predicted molar refractivity (Wildman–Crippen MR) is 133 cm³/mol. The van der Waals surface area contributed by atoms with Crippen LogP contribution in [0.25, 0.3) is 44.0 Å². The summed E-state index contributed by atoms with van der Waals surface area (Å²) in [6, 6.07) is 20.6. The minimum absolute atomic E-state index is 0.382. The van der Waals surface area contributed by atoms with Gasteiger partial charge in [0.1, 0.15) is 0 Å². The molecule has 1 fully saturated rings. The van der Waals surface area contributed by atoms with Crippen molar-refractivity contribution in [1.82, 2.24) is 15.0 Å². The van der Waals surface area contributed by atoms with Crippen molar-refractivity contribution in [3.63, 3.8) is 0 Å². The van der Waals surface area contributed by atoms with Crippen LogP contribution < -0.4 is 5.46 Å². The van der Waals surface area contributed by atoms with Crippen molar-refractivity contribution < 1.29 is 9.31 Å². The minimum atomic E-state index is -0.415. The van der Waals surface area contributed by atoms with Gasteiger partial charge in [0.25, 0.3) is 0 Å². The lowest BCUT2D eigenvalue weighted by atomic mass is 9.78. The van der Waals surface area contributed by atoms with Gasteiger partial charge in [0.2, 0.25) is 0 Å². The van der Waals surface area contributed by atoms with Crippen molar-refractivity contribution >= 4 is 45.3 Å². The number of fused-ring (bicyclic) bond motifs is 4. The monoisotopic (exact) mass is 433 g/mol. The van der Waals surface area contributed by atoms with Crippen LogP contribution in [0.2, 0.25) is 0 Å². The van der Waals surface area contributed by atoms with Gasteiger partial charge in [-0.1, -0.05) is 30.3 Å². The van der Waals surface area contributed by atoms with Gasteiger partial charge in [0, 0.05) is 34.1 Å². The summed E-state index contributed by atoms with van der Waals surface area (Å²) >= 11 is 0. The molecule has 3 aromatic heterocycles. The Hall–Kier alpha value is -3.35. The van der Waals surface area contributed by atoms with Crippen molar-refractivity contribution in [3.8, 4) is 11.3 Å². The van der Waals surface area contributed by atoms with Crippen LogP contribution in [0.5, 0.6) is 0 Å². The molecule has 1 aliphatic rings. The van der Waals surface area contributed by atoms with E-state index in [-0.39, 0.29) is 11.2 Å². The fourth-order valence-electron chi connectivity index (χ4n) is 4.40. The summed E-state index contributed by atoms with van der Waals surface area (Å²) in [5.41, 5.74) is 4.85. The fourth-order valence-corrected chi connectivity index (χ4v) is 4.40. The second kappa shape index (κ2) is 7.08. The maximum atomic E-state index is 6.25. The minimum Gasteiger partial charge on any atom is -0.399 e. The van der Waals surface area contributed by atoms with Gasteiger partial charge in [-0.2, -0.15) is 0 Å². The summed E-state index contributed by atoms with van der Waals surface area (Å²) in [4.78, 5) is 14.2. The molecule has 0 saturated carbocycles. The molecule has 0 atom stereocenters. The highest BCUT2D eigenvalue weighted by molar-refractivity contribution is 6.62. The van der Waals surface area contributed by atoms with Crippen LogP contribution in [0, 0.1) is 0 Å². The van der Waals surface area contributed by atoms with Gasteiger partial charge in [-0.25, -0.2) is 4.98 Å². The summed E-state index contributed by atoms with van der Waals surface area (Å²) in [5.74, 6) is 0. The van der Waals surface area contributed by atoms with E-state index in [0.29, 0.717) is 0 Å². The topological polar surface area (TPSA) is 57.1 Å². The number of hydrogen-bond donors (Lipinski definition) is 0.